The Morgan fingerprint density at radius 3 is 2.45 bits per heavy atom. The van der Waals surface area contributed by atoms with E-state index in [1.54, 1.807) is 0 Å². The molecule has 6 atom stereocenters. The van der Waals surface area contributed by atoms with Crippen molar-refractivity contribution in [3.63, 3.8) is 0 Å². The summed E-state index contributed by atoms with van der Waals surface area (Å²) in [6.45, 7) is 3.55. The molecule has 120 valence electrons. The molecule has 0 aromatic heterocycles. The maximum absolute atomic E-state index is 9.63. The van der Waals surface area contributed by atoms with Gasteiger partial charge in [-0.3, -0.25) is 0 Å². The molecule has 22 heavy (non-hydrogen) atoms. The van der Waals surface area contributed by atoms with Crippen LogP contribution >= 0.6 is 0 Å². The predicted molar refractivity (Wildman–Crippen MR) is 74.7 cm³/mol. The first kappa shape index (κ1) is 14.6. The second-order valence-electron chi connectivity index (χ2n) is 6.27. The number of fused-ring (bicyclic) bond motifs is 3. The zero-order valence-corrected chi connectivity index (χ0v) is 12.5. The molecule has 6 heteroatoms. The van der Waals surface area contributed by atoms with Crippen molar-refractivity contribution in [2.75, 3.05) is 6.61 Å². The van der Waals surface area contributed by atoms with Crippen LogP contribution in [0.15, 0.2) is 30.3 Å². The molecule has 3 fully saturated rings. The summed E-state index contributed by atoms with van der Waals surface area (Å²) in [6, 6.07) is 9.65. The SMILES string of the molecule is CC1(C)OC2C3OC(c4ccccc4)OC(CO)[C@H]3O[C@@H]2O1. The quantitative estimate of drug-likeness (QED) is 0.889. The van der Waals surface area contributed by atoms with E-state index in [4.69, 9.17) is 23.7 Å². The molecule has 0 saturated carbocycles. The van der Waals surface area contributed by atoms with Crippen LogP contribution in [0.1, 0.15) is 25.7 Å². The Morgan fingerprint density at radius 1 is 0.955 bits per heavy atom. The van der Waals surface area contributed by atoms with Crippen LogP contribution in [0.4, 0.5) is 0 Å². The molecule has 1 aromatic rings. The normalized spacial score (nSPS) is 42.9. The lowest BCUT2D eigenvalue weighted by Gasteiger charge is -2.39. The number of hydrogen-bond acceptors (Lipinski definition) is 6. The minimum absolute atomic E-state index is 0.142. The van der Waals surface area contributed by atoms with Crippen LogP contribution in [-0.4, -0.2) is 48.2 Å². The van der Waals surface area contributed by atoms with Crippen molar-refractivity contribution < 1.29 is 28.8 Å². The standard InChI is InChI=1S/C16H20O6/c1-16(2)21-13-12-11(19-15(13)22-16)10(8-17)18-14(20-12)9-6-4-3-5-7-9/h3-7,10-15,17H,8H2,1-2H3/t10?,11-,12?,13?,14?,15-/m1/s1. The van der Waals surface area contributed by atoms with Crippen LogP contribution in [0.2, 0.25) is 0 Å². The summed E-state index contributed by atoms with van der Waals surface area (Å²) in [6.07, 6.45) is -2.54. The van der Waals surface area contributed by atoms with Gasteiger partial charge in [0.25, 0.3) is 0 Å². The number of benzene rings is 1. The molecule has 3 heterocycles. The van der Waals surface area contributed by atoms with Gasteiger partial charge in [-0.05, 0) is 13.8 Å². The maximum Gasteiger partial charge on any atom is 0.190 e. The van der Waals surface area contributed by atoms with E-state index >= 15 is 0 Å². The first-order chi connectivity index (χ1) is 10.6. The summed E-state index contributed by atoms with van der Waals surface area (Å²) in [7, 11) is 0. The average Bonchev–Trinajstić information content (AvgIpc) is 2.99. The number of rotatable bonds is 2. The van der Waals surface area contributed by atoms with Gasteiger partial charge in [-0.2, -0.15) is 0 Å². The first-order valence-electron chi connectivity index (χ1n) is 7.55. The Kier molecular flexibility index (Phi) is 3.48. The van der Waals surface area contributed by atoms with E-state index in [1.165, 1.54) is 0 Å². The second kappa shape index (κ2) is 5.26. The molecular weight excluding hydrogens is 288 g/mol. The molecule has 0 bridgehead atoms. The van der Waals surface area contributed by atoms with Crippen LogP contribution in [0.5, 0.6) is 0 Å². The van der Waals surface area contributed by atoms with E-state index < -0.39 is 30.6 Å². The molecular formula is C16H20O6. The van der Waals surface area contributed by atoms with Gasteiger partial charge >= 0.3 is 0 Å². The van der Waals surface area contributed by atoms with Crippen molar-refractivity contribution in [3.05, 3.63) is 35.9 Å². The lowest BCUT2D eigenvalue weighted by molar-refractivity contribution is -0.313. The summed E-state index contributed by atoms with van der Waals surface area (Å²) in [5.41, 5.74) is 0.904. The van der Waals surface area contributed by atoms with Crippen LogP contribution in [0, 0.1) is 0 Å². The van der Waals surface area contributed by atoms with Crippen molar-refractivity contribution in [1.82, 2.24) is 0 Å². The van der Waals surface area contributed by atoms with E-state index in [9.17, 15) is 5.11 Å². The fraction of sp³-hybridized carbons (Fsp3) is 0.625. The van der Waals surface area contributed by atoms with Crippen LogP contribution < -0.4 is 0 Å². The van der Waals surface area contributed by atoms with Crippen molar-refractivity contribution in [3.8, 4) is 0 Å². The molecule has 1 aromatic carbocycles. The highest BCUT2D eigenvalue weighted by Crippen LogP contribution is 2.44. The molecule has 3 aliphatic heterocycles. The lowest BCUT2D eigenvalue weighted by atomic mass is 10.0. The molecule has 1 N–H and O–H groups in total. The van der Waals surface area contributed by atoms with Gasteiger partial charge in [0.15, 0.2) is 18.4 Å². The van der Waals surface area contributed by atoms with Gasteiger partial charge in [-0.15, -0.1) is 0 Å². The van der Waals surface area contributed by atoms with Crippen molar-refractivity contribution in [2.24, 2.45) is 0 Å². The average molecular weight is 308 g/mol. The Balaban J connectivity index is 1.59. The van der Waals surface area contributed by atoms with Crippen LogP contribution in [-0.2, 0) is 23.7 Å². The Bertz CT molecular complexity index is 533. The number of ether oxygens (including phenoxy) is 5. The van der Waals surface area contributed by atoms with Gasteiger partial charge in [0.05, 0.1) is 6.61 Å². The molecule has 6 nitrogen and oxygen atoms in total. The van der Waals surface area contributed by atoms with E-state index in [1.807, 2.05) is 44.2 Å². The summed E-state index contributed by atoms with van der Waals surface area (Å²) < 4.78 is 29.4. The molecule has 4 unspecified atom stereocenters. The van der Waals surface area contributed by atoms with Crippen molar-refractivity contribution in [2.45, 2.75) is 56.6 Å². The summed E-state index contributed by atoms with van der Waals surface area (Å²) >= 11 is 0. The highest BCUT2D eigenvalue weighted by molar-refractivity contribution is 5.17. The predicted octanol–water partition coefficient (Wildman–Crippen LogP) is 1.34. The van der Waals surface area contributed by atoms with Gasteiger partial charge in [0, 0.05) is 5.56 Å². The number of hydrogen-bond donors (Lipinski definition) is 1. The third-order valence-electron chi connectivity index (χ3n) is 4.22. The van der Waals surface area contributed by atoms with E-state index in [0.29, 0.717) is 0 Å². The molecule has 0 amide bonds. The Labute approximate surface area is 128 Å². The van der Waals surface area contributed by atoms with Crippen molar-refractivity contribution >= 4 is 0 Å². The summed E-state index contributed by atoms with van der Waals surface area (Å²) in [4.78, 5) is 0. The summed E-state index contributed by atoms with van der Waals surface area (Å²) in [5, 5.41) is 9.63. The zero-order valence-electron chi connectivity index (χ0n) is 12.5. The van der Waals surface area contributed by atoms with Crippen LogP contribution in [0.3, 0.4) is 0 Å². The highest BCUT2D eigenvalue weighted by atomic mass is 16.9. The van der Waals surface area contributed by atoms with E-state index in [0.717, 1.165) is 5.56 Å². The minimum atomic E-state index is -0.696. The number of aliphatic hydroxyl groups excluding tert-OH is 1. The lowest BCUT2D eigenvalue weighted by Crippen LogP contribution is -2.50. The molecule has 0 radical (unpaired) electrons. The molecule has 4 rings (SSSR count). The molecule has 0 aliphatic carbocycles. The Hall–Kier alpha value is -1.02. The largest absolute Gasteiger partial charge is 0.394 e. The first-order valence-corrected chi connectivity index (χ1v) is 7.55. The van der Waals surface area contributed by atoms with Crippen molar-refractivity contribution in [1.29, 1.82) is 0 Å². The van der Waals surface area contributed by atoms with Gasteiger partial charge < -0.3 is 28.8 Å². The third kappa shape index (κ3) is 2.36. The van der Waals surface area contributed by atoms with Gasteiger partial charge in [-0.25, -0.2) is 0 Å². The zero-order chi connectivity index (χ0) is 15.3. The maximum atomic E-state index is 9.63. The second-order valence-corrected chi connectivity index (χ2v) is 6.27. The van der Waals surface area contributed by atoms with E-state index in [-0.39, 0.29) is 18.8 Å². The fourth-order valence-electron chi connectivity index (χ4n) is 3.28. The van der Waals surface area contributed by atoms with Gasteiger partial charge in [0.2, 0.25) is 0 Å². The fourth-order valence-corrected chi connectivity index (χ4v) is 3.28. The van der Waals surface area contributed by atoms with Crippen LogP contribution in [0.25, 0.3) is 0 Å². The Morgan fingerprint density at radius 2 is 1.73 bits per heavy atom. The molecule has 3 saturated heterocycles. The highest BCUT2D eigenvalue weighted by Gasteiger charge is 2.59. The number of aliphatic hydroxyl groups is 1. The summed E-state index contributed by atoms with van der Waals surface area (Å²) in [5.74, 6) is -0.696. The van der Waals surface area contributed by atoms with Gasteiger partial charge in [-0.1, -0.05) is 30.3 Å². The third-order valence-corrected chi connectivity index (χ3v) is 4.22. The van der Waals surface area contributed by atoms with E-state index in [2.05, 4.69) is 0 Å². The molecule has 0 spiro atoms. The topological polar surface area (TPSA) is 66.4 Å². The minimum Gasteiger partial charge on any atom is -0.394 e. The van der Waals surface area contributed by atoms with Gasteiger partial charge in [0.1, 0.15) is 24.4 Å². The molecule has 3 aliphatic rings. The smallest absolute Gasteiger partial charge is 0.190 e. The monoisotopic (exact) mass is 308 g/mol.